The fourth-order valence-corrected chi connectivity index (χ4v) is 1.08. The number of benzene rings is 1. The van der Waals surface area contributed by atoms with Gasteiger partial charge in [0.1, 0.15) is 11.6 Å². The third kappa shape index (κ3) is 2.85. The van der Waals surface area contributed by atoms with Crippen molar-refractivity contribution in [3.8, 4) is 5.75 Å². The van der Waals surface area contributed by atoms with Gasteiger partial charge in [-0.1, -0.05) is 12.2 Å². The molecule has 1 aromatic carbocycles. The van der Waals surface area contributed by atoms with E-state index in [1.54, 1.807) is 6.07 Å². The predicted molar refractivity (Wildman–Crippen MR) is 55.6 cm³/mol. The summed E-state index contributed by atoms with van der Waals surface area (Å²) in [4.78, 5) is 0. The van der Waals surface area contributed by atoms with Crippen molar-refractivity contribution in [1.82, 2.24) is 0 Å². The van der Waals surface area contributed by atoms with Gasteiger partial charge in [-0.15, -0.1) is 0 Å². The number of rotatable bonds is 3. The van der Waals surface area contributed by atoms with Crippen LogP contribution in [-0.2, 0) is 0 Å². The van der Waals surface area contributed by atoms with E-state index in [0.29, 0.717) is 5.75 Å². The summed E-state index contributed by atoms with van der Waals surface area (Å²) in [6.07, 6.45) is 3.65. The predicted octanol–water partition coefficient (Wildman–Crippen LogP) is 2.19. The van der Waals surface area contributed by atoms with Gasteiger partial charge in [0.15, 0.2) is 0 Å². The fraction of sp³-hybridized carbons (Fsp3) is 0.273. The van der Waals surface area contributed by atoms with Crippen molar-refractivity contribution in [3.05, 3.63) is 35.7 Å². The molecule has 0 aliphatic heterocycles. The molecule has 2 nitrogen and oxygen atoms in total. The van der Waals surface area contributed by atoms with Gasteiger partial charge in [-0.05, 0) is 19.1 Å². The molecule has 0 amide bonds. The SMILES string of the molecule is COc1cc(F)ccc1/C=C/C(C)N. The van der Waals surface area contributed by atoms with E-state index in [1.165, 1.54) is 19.2 Å². The molecule has 1 atom stereocenters. The zero-order chi connectivity index (χ0) is 10.6. The van der Waals surface area contributed by atoms with Crippen LogP contribution < -0.4 is 10.5 Å². The van der Waals surface area contributed by atoms with Crippen LogP contribution in [0.4, 0.5) is 4.39 Å². The first kappa shape index (κ1) is 10.7. The summed E-state index contributed by atoms with van der Waals surface area (Å²) in [5.41, 5.74) is 6.39. The van der Waals surface area contributed by atoms with E-state index < -0.39 is 0 Å². The molecule has 0 bridgehead atoms. The molecule has 2 N–H and O–H groups in total. The van der Waals surface area contributed by atoms with Gasteiger partial charge < -0.3 is 10.5 Å². The molecule has 0 spiro atoms. The molecule has 3 heteroatoms. The van der Waals surface area contributed by atoms with Crippen LogP contribution in [0.2, 0.25) is 0 Å². The molecule has 76 valence electrons. The van der Waals surface area contributed by atoms with Crippen LogP contribution in [0.15, 0.2) is 24.3 Å². The smallest absolute Gasteiger partial charge is 0.128 e. The molecule has 0 aliphatic carbocycles. The molecule has 0 aromatic heterocycles. The number of hydrogen-bond donors (Lipinski definition) is 1. The Bertz CT molecular complexity index is 334. The quantitative estimate of drug-likeness (QED) is 0.802. The minimum Gasteiger partial charge on any atom is -0.496 e. The first-order valence-electron chi connectivity index (χ1n) is 4.41. The van der Waals surface area contributed by atoms with Crippen LogP contribution in [-0.4, -0.2) is 13.2 Å². The third-order valence-electron chi connectivity index (χ3n) is 1.77. The molecule has 0 heterocycles. The first-order chi connectivity index (χ1) is 6.63. The Morgan fingerprint density at radius 3 is 2.79 bits per heavy atom. The van der Waals surface area contributed by atoms with E-state index in [1.807, 2.05) is 19.1 Å². The Morgan fingerprint density at radius 1 is 1.50 bits per heavy atom. The number of hydrogen-bond acceptors (Lipinski definition) is 2. The number of nitrogens with two attached hydrogens (primary N) is 1. The van der Waals surface area contributed by atoms with Crippen LogP contribution in [0.5, 0.6) is 5.75 Å². The Kier molecular flexibility index (Phi) is 3.65. The first-order valence-corrected chi connectivity index (χ1v) is 4.41. The molecular weight excluding hydrogens is 181 g/mol. The highest BCUT2D eigenvalue weighted by atomic mass is 19.1. The molecule has 0 saturated carbocycles. The molecule has 1 rings (SSSR count). The Balaban J connectivity index is 2.96. The van der Waals surface area contributed by atoms with E-state index in [2.05, 4.69) is 0 Å². The van der Waals surface area contributed by atoms with Gasteiger partial charge >= 0.3 is 0 Å². The zero-order valence-corrected chi connectivity index (χ0v) is 8.33. The maximum Gasteiger partial charge on any atom is 0.128 e. The van der Waals surface area contributed by atoms with Gasteiger partial charge in [-0.25, -0.2) is 4.39 Å². The lowest BCUT2D eigenvalue weighted by Gasteiger charge is -2.04. The highest BCUT2D eigenvalue weighted by Gasteiger charge is 2.00. The van der Waals surface area contributed by atoms with Gasteiger partial charge in [-0.3, -0.25) is 0 Å². The minimum atomic E-state index is -0.306. The molecule has 0 radical (unpaired) electrons. The average molecular weight is 195 g/mol. The molecule has 1 unspecified atom stereocenters. The van der Waals surface area contributed by atoms with Gasteiger partial charge in [0.05, 0.1) is 7.11 Å². The Labute approximate surface area is 83.2 Å². The van der Waals surface area contributed by atoms with Crippen molar-refractivity contribution in [2.45, 2.75) is 13.0 Å². The second-order valence-electron chi connectivity index (χ2n) is 3.10. The van der Waals surface area contributed by atoms with Crippen molar-refractivity contribution in [2.75, 3.05) is 7.11 Å². The van der Waals surface area contributed by atoms with Gasteiger partial charge in [0.2, 0.25) is 0 Å². The standard InChI is InChI=1S/C11H14FNO/c1-8(13)3-4-9-5-6-10(12)7-11(9)14-2/h3-8H,13H2,1-2H3/b4-3+. The second kappa shape index (κ2) is 4.77. The lowest BCUT2D eigenvalue weighted by atomic mass is 10.1. The Morgan fingerprint density at radius 2 is 2.21 bits per heavy atom. The summed E-state index contributed by atoms with van der Waals surface area (Å²) >= 11 is 0. The second-order valence-corrected chi connectivity index (χ2v) is 3.10. The van der Waals surface area contributed by atoms with E-state index in [9.17, 15) is 4.39 Å². The lowest BCUT2D eigenvalue weighted by molar-refractivity contribution is 0.410. The largest absolute Gasteiger partial charge is 0.496 e. The van der Waals surface area contributed by atoms with Crippen LogP contribution in [0, 0.1) is 5.82 Å². The van der Waals surface area contributed by atoms with E-state index >= 15 is 0 Å². The maximum absolute atomic E-state index is 12.8. The topological polar surface area (TPSA) is 35.2 Å². The van der Waals surface area contributed by atoms with Gasteiger partial charge in [-0.2, -0.15) is 0 Å². The van der Waals surface area contributed by atoms with E-state index in [-0.39, 0.29) is 11.9 Å². The molecule has 14 heavy (non-hydrogen) atoms. The van der Waals surface area contributed by atoms with Crippen molar-refractivity contribution >= 4 is 6.08 Å². The summed E-state index contributed by atoms with van der Waals surface area (Å²) in [7, 11) is 1.51. The third-order valence-corrected chi connectivity index (χ3v) is 1.77. The lowest BCUT2D eigenvalue weighted by Crippen LogP contribution is -2.09. The number of halogens is 1. The maximum atomic E-state index is 12.8. The normalized spacial score (nSPS) is 13.1. The summed E-state index contributed by atoms with van der Waals surface area (Å²) in [6, 6.07) is 4.38. The molecule has 0 fully saturated rings. The summed E-state index contributed by atoms with van der Waals surface area (Å²) < 4.78 is 17.8. The average Bonchev–Trinajstić information content (AvgIpc) is 2.15. The number of ether oxygens (including phenoxy) is 1. The number of methoxy groups -OCH3 is 1. The zero-order valence-electron chi connectivity index (χ0n) is 8.33. The molecule has 1 aromatic rings. The fourth-order valence-electron chi connectivity index (χ4n) is 1.08. The van der Waals surface area contributed by atoms with Crippen molar-refractivity contribution in [3.63, 3.8) is 0 Å². The van der Waals surface area contributed by atoms with Crippen molar-refractivity contribution in [2.24, 2.45) is 5.73 Å². The minimum absolute atomic E-state index is 0.0234. The highest BCUT2D eigenvalue weighted by molar-refractivity contribution is 5.57. The molecule has 0 aliphatic rings. The summed E-state index contributed by atoms with van der Waals surface area (Å²) in [5, 5.41) is 0. The Hall–Kier alpha value is -1.35. The van der Waals surface area contributed by atoms with Crippen LogP contribution in [0.25, 0.3) is 6.08 Å². The molecular formula is C11H14FNO. The summed E-state index contributed by atoms with van der Waals surface area (Å²) in [5.74, 6) is 0.210. The van der Waals surface area contributed by atoms with Gasteiger partial charge in [0.25, 0.3) is 0 Å². The highest BCUT2D eigenvalue weighted by Crippen LogP contribution is 2.20. The van der Waals surface area contributed by atoms with Crippen molar-refractivity contribution < 1.29 is 9.13 Å². The van der Waals surface area contributed by atoms with E-state index in [0.717, 1.165) is 5.56 Å². The van der Waals surface area contributed by atoms with Crippen LogP contribution in [0.1, 0.15) is 12.5 Å². The summed E-state index contributed by atoms with van der Waals surface area (Å²) in [6.45, 7) is 1.87. The van der Waals surface area contributed by atoms with Crippen LogP contribution >= 0.6 is 0 Å². The van der Waals surface area contributed by atoms with Crippen LogP contribution in [0.3, 0.4) is 0 Å². The van der Waals surface area contributed by atoms with Gasteiger partial charge in [0, 0.05) is 17.7 Å². The van der Waals surface area contributed by atoms with E-state index in [4.69, 9.17) is 10.5 Å². The molecule has 0 saturated heterocycles. The monoisotopic (exact) mass is 195 g/mol. The van der Waals surface area contributed by atoms with Crippen molar-refractivity contribution in [1.29, 1.82) is 0 Å².